The van der Waals surface area contributed by atoms with Crippen LogP contribution in [0.3, 0.4) is 0 Å². The zero-order chi connectivity index (χ0) is 11.8. The molecule has 1 atom stereocenters. The largest absolute Gasteiger partial charge is 0.508 e. The van der Waals surface area contributed by atoms with Gasteiger partial charge in [-0.1, -0.05) is 26.0 Å². The van der Waals surface area contributed by atoms with Crippen LogP contribution < -0.4 is 5.73 Å². The number of phenols is 1. The summed E-state index contributed by atoms with van der Waals surface area (Å²) in [5, 5.41) is 17.6. The fourth-order valence-electron chi connectivity index (χ4n) is 1.02. The third-order valence-electron chi connectivity index (χ3n) is 1.68. The summed E-state index contributed by atoms with van der Waals surface area (Å²) in [6.45, 7) is 4.00. The normalized spacial score (nSPS) is 11.1. The van der Waals surface area contributed by atoms with Crippen molar-refractivity contribution in [2.24, 2.45) is 5.73 Å². The van der Waals surface area contributed by atoms with Crippen LogP contribution >= 0.6 is 0 Å². The Balaban J connectivity index is 0.000000921. The highest BCUT2D eigenvalue weighted by atomic mass is 16.4. The SMILES string of the molecule is CC.NC(Cc1cccc(O)c1)C(=O)O. The molecule has 0 heterocycles. The number of benzene rings is 1. The van der Waals surface area contributed by atoms with E-state index >= 15 is 0 Å². The van der Waals surface area contributed by atoms with Crippen LogP contribution in [0.25, 0.3) is 0 Å². The number of nitrogens with two attached hydrogens (primary N) is 1. The van der Waals surface area contributed by atoms with E-state index in [0.29, 0.717) is 0 Å². The summed E-state index contributed by atoms with van der Waals surface area (Å²) in [7, 11) is 0. The van der Waals surface area contributed by atoms with Gasteiger partial charge in [-0.15, -0.1) is 0 Å². The first kappa shape index (κ1) is 13.4. The number of carboxylic acids is 1. The molecule has 0 aliphatic heterocycles. The van der Waals surface area contributed by atoms with Crippen LogP contribution in [0.1, 0.15) is 19.4 Å². The van der Waals surface area contributed by atoms with E-state index in [4.69, 9.17) is 15.9 Å². The summed E-state index contributed by atoms with van der Waals surface area (Å²) in [6, 6.07) is 5.49. The average Bonchev–Trinajstić information content (AvgIpc) is 2.20. The smallest absolute Gasteiger partial charge is 0.320 e. The van der Waals surface area contributed by atoms with Crippen LogP contribution in [0.4, 0.5) is 0 Å². The molecule has 0 aliphatic carbocycles. The topological polar surface area (TPSA) is 83.5 Å². The second-order valence-corrected chi connectivity index (χ2v) is 2.82. The molecular weight excluding hydrogens is 194 g/mol. The van der Waals surface area contributed by atoms with Gasteiger partial charge < -0.3 is 15.9 Å². The van der Waals surface area contributed by atoms with Gasteiger partial charge in [-0.05, 0) is 24.1 Å². The molecule has 1 aromatic rings. The Hall–Kier alpha value is -1.55. The maximum atomic E-state index is 10.4. The van der Waals surface area contributed by atoms with Gasteiger partial charge in [0.25, 0.3) is 0 Å². The molecule has 1 rings (SSSR count). The Bertz CT molecular complexity index is 312. The predicted octanol–water partition coefficient (Wildman–Crippen LogP) is 1.37. The van der Waals surface area contributed by atoms with Gasteiger partial charge in [0.1, 0.15) is 11.8 Å². The lowest BCUT2D eigenvalue weighted by Gasteiger charge is -2.05. The van der Waals surface area contributed by atoms with E-state index in [-0.39, 0.29) is 12.2 Å². The van der Waals surface area contributed by atoms with E-state index in [2.05, 4.69) is 0 Å². The minimum Gasteiger partial charge on any atom is -0.508 e. The van der Waals surface area contributed by atoms with Crippen LogP contribution in [-0.4, -0.2) is 22.2 Å². The minimum absolute atomic E-state index is 0.120. The minimum atomic E-state index is -1.04. The molecule has 0 fully saturated rings. The van der Waals surface area contributed by atoms with E-state index in [9.17, 15) is 4.79 Å². The fraction of sp³-hybridized carbons (Fsp3) is 0.364. The monoisotopic (exact) mass is 211 g/mol. The highest BCUT2D eigenvalue weighted by Gasteiger charge is 2.11. The molecule has 15 heavy (non-hydrogen) atoms. The predicted molar refractivity (Wildman–Crippen MR) is 58.8 cm³/mol. The van der Waals surface area contributed by atoms with E-state index in [1.54, 1.807) is 12.1 Å². The summed E-state index contributed by atoms with van der Waals surface area (Å²) in [4.78, 5) is 10.4. The molecule has 1 unspecified atom stereocenters. The standard InChI is InChI=1S/C9H11NO3.C2H6/c10-8(9(12)13)5-6-2-1-3-7(11)4-6;1-2/h1-4,8,11H,5,10H2,(H,12,13);1-2H3. The van der Waals surface area contributed by atoms with Crippen molar-refractivity contribution in [2.45, 2.75) is 26.3 Å². The first-order valence-corrected chi connectivity index (χ1v) is 4.86. The Morgan fingerprint density at radius 2 is 2.07 bits per heavy atom. The number of phenolic OH excluding ortho intramolecular Hbond substituents is 1. The highest BCUT2D eigenvalue weighted by molar-refractivity contribution is 5.73. The maximum Gasteiger partial charge on any atom is 0.320 e. The number of hydrogen-bond donors (Lipinski definition) is 3. The van der Waals surface area contributed by atoms with Crippen molar-refractivity contribution in [3.63, 3.8) is 0 Å². The van der Waals surface area contributed by atoms with Crippen molar-refractivity contribution in [3.8, 4) is 5.75 Å². The van der Waals surface area contributed by atoms with Crippen molar-refractivity contribution in [1.29, 1.82) is 0 Å². The van der Waals surface area contributed by atoms with Crippen molar-refractivity contribution < 1.29 is 15.0 Å². The molecule has 0 bridgehead atoms. The lowest BCUT2D eigenvalue weighted by atomic mass is 10.1. The van der Waals surface area contributed by atoms with Crippen molar-refractivity contribution in [3.05, 3.63) is 29.8 Å². The summed E-state index contributed by atoms with van der Waals surface area (Å²) in [6.07, 6.45) is 0.226. The zero-order valence-electron chi connectivity index (χ0n) is 8.97. The van der Waals surface area contributed by atoms with Crippen LogP contribution in [0.2, 0.25) is 0 Å². The molecule has 0 radical (unpaired) electrons. The molecule has 0 saturated carbocycles. The first-order valence-electron chi connectivity index (χ1n) is 4.86. The van der Waals surface area contributed by atoms with Crippen molar-refractivity contribution >= 4 is 5.97 Å². The Kier molecular flexibility index (Phi) is 6.13. The molecule has 0 aromatic heterocycles. The van der Waals surface area contributed by atoms with E-state index < -0.39 is 12.0 Å². The summed E-state index contributed by atoms with van der Waals surface area (Å²) in [5.74, 6) is -0.918. The van der Waals surface area contributed by atoms with E-state index in [1.165, 1.54) is 12.1 Å². The molecule has 4 heteroatoms. The molecule has 1 aromatic carbocycles. The zero-order valence-corrected chi connectivity index (χ0v) is 8.97. The number of aromatic hydroxyl groups is 1. The van der Waals surface area contributed by atoms with Gasteiger partial charge in [0.05, 0.1) is 0 Å². The molecule has 4 nitrogen and oxygen atoms in total. The van der Waals surface area contributed by atoms with Crippen molar-refractivity contribution in [2.75, 3.05) is 0 Å². The average molecular weight is 211 g/mol. The second-order valence-electron chi connectivity index (χ2n) is 2.82. The number of carboxylic acid groups (broad SMARTS) is 1. The van der Waals surface area contributed by atoms with Gasteiger partial charge in [-0.3, -0.25) is 4.79 Å². The lowest BCUT2D eigenvalue weighted by Crippen LogP contribution is -2.32. The first-order chi connectivity index (χ1) is 7.09. The summed E-state index contributed by atoms with van der Waals surface area (Å²) in [5.41, 5.74) is 6.03. The molecule has 0 spiro atoms. The molecule has 0 amide bonds. The molecule has 0 aliphatic rings. The number of hydrogen-bond acceptors (Lipinski definition) is 3. The molecule has 84 valence electrons. The summed E-state index contributed by atoms with van der Waals surface area (Å²) < 4.78 is 0. The number of rotatable bonds is 3. The molecular formula is C11H17NO3. The van der Waals surface area contributed by atoms with Crippen LogP contribution in [0.5, 0.6) is 5.75 Å². The van der Waals surface area contributed by atoms with E-state index in [1.807, 2.05) is 13.8 Å². The lowest BCUT2D eigenvalue weighted by molar-refractivity contribution is -0.138. The van der Waals surface area contributed by atoms with Gasteiger partial charge in [0.2, 0.25) is 0 Å². The Morgan fingerprint density at radius 3 is 2.53 bits per heavy atom. The van der Waals surface area contributed by atoms with Crippen LogP contribution in [-0.2, 0) is 11.2 Å². The highest BCUT2D eigenvalue weighted by Crippen LogP contribution is 2.11. The fourth-order valence-corrected chi connectivity index (χ4v) is 1.02. The van der Waals surface area contributed by atoms with Crippen LogP contribution in [0, 0.1) is 0 Å². The van der Waals surface area contributed by atoms with Gasteiger partial charge in [0, 0.05) is 0 Å². The Morgan fingerprint density at radius 1 is 1.47 bits per heavy atom. The summed E-state index contributed by atoms with van der Waals surface area (Å²) >= 11 is 0. The van der Waals surface area contributed by atoms with Crippen molar-refractivity contribution in [1.82, 2.24) is 0 Å². The van der Waals surface area contributed by atoms with Gasteiger partial charge in [0.15, 0.2) is 0 Å². The van der Waals surface area contributed by atoms with Crippen LogP contribution in [0.15, 0.2) is 24.3 Å². The molecule has 4 N–H and O–H groups in total. The second kappa shape index (κ2) is 6.84. The molecule has 0 saturated heterocycles. The third-order valence-corrected chi connectivity index (χ3v) is 1.68. The number of aliphatic carboxylic acids is 1. The maximum absolute atomic E-state index is 10.4. The van der Waals surface area contributed by atoms with Gasteiger partial charge in [-0.2, -0.15) is 0 Å². The van der Waals surface area contributed by atoms with Gasteiger partial charge in [-0.25, -0.2) is 0 Å². The van der Waals surface area contributed by atoms with E-state index in [0.717, 1.165) is 5.56 Å². The quantitative estimate of drug-likeness (QED) is 0.705. The Labute approximate surface area is 89.4 Å². The number of carbonyl (C=O) groups is 1. The third kappa shape index (κ3) is 5.02. The van der Waals surface area contributed by atoms with Gasteiger partial charge >= 0.3 is 5.97 Å².